The Morgan fingerprint density at radius 1 is 0.500 bits per heavy atom. The Bertz CT molecular complexity index is 1650. The Kier molecular flexibility index (Phi) is 40.4. The molecule has 0 aromatic rings. The van der Waals surface area contributed by atoms with Crippen LogP contribution in [0.2, 0.25) is 0 Å². The molecule has 12 unspecified atom stereocenters. The molecule has 74 heavy (non-hydrogen) atoms. The first-order valence-electron chi connectivity index (χ1n) is 28.1. The van der Waals surface area contributed by atoms with Crippen molar-refractivity contribution in [2.45, 2.75) is 242 Å². The summed E-state index contributed by atoms with van der Waals surface area (Å²) in [5.74, 6) is -0.301. The second kappa shape index (κ2) is 44.7. The Morgan fingerprint density at radius 2 is 0.946 bits per heavy atom. The number of unbranched alkanes of at least 4 members (excludes halogenated alkanes) is 13. The van der Waals surface area contributed by atoms with Crippen LogP contribution in [0.15, 0.2) is 109 Å². The van der Waals surface area contributed by atoms with Crippen LogP contribution in [-0.4, -0.2) is 140 Å². The highest BCUT2D eigenvalue weighted by molar-refractivity contribution is 5.76. The molecule has 422 valence electrons. The molecule has 14 nitrogen and oxygen atoms in total. The number of carbonyl (C=O) groups excluding carboxylic acids is 1. The molecule has 2 heterocycles. The summed E-state index contributed by atoms with van der Waals surface area (Å²) in [4.78, 5) is 13.2. The first-order chi connectivity index (χ1) is 36.1. The third-order valence-corrected chi connectivity index (χ3v) is 12.9. The molecular formula is C60H99NO13. The summed E-state index contributed by atoms with van der Waals surface area (Å²) in [7, 11) is 0. The number of aliphatic hydroxyl groups is 8. The van der Waals surface area contributed by atoms with Gasteiger partial charge in [0.2, 0.25) is 5.91 Å². The largest absolute Gasteiger partial charge is 0.394 e. The summed E-state index contributed by atoms with van der Waals surface area (Å²) < 4.78 is 22.7. The quantitative estimate of drug-likeness (QED) is 0.0206. The lowest BCUT2D eigenvalue weighted by molar-refractivity contribution is -0.359. The fourth-order valence-corrected chi connectivity index (χ4v) is 8.38. The average Bonchev–Trinajstić information content (AvgIpc) is 3.40. The molecule has 2 saturated heterocycles. The lowest BCUT2D eigenvalue weighted by atomic mass is 9.97. The van der Waals surface area contributed by atoms with Crippen molar-refractivity contribution in [3.63, 3.8) is 0 Å². The number of ether oxygens (including phenoxy) is 4. The second-order valence-corrected chi connectivity index (χ2v) is 19.3. The van der Waals surface area contributed by atoms with Gasteiger partial charge in [0.25, 0.3) is 0 Å². The van der Waals surface area contributed by atoms with Crippen molar-refractivity contribution in [1.29, 1.82) is 0 Å². The van der Waals surface area contributed by atoms with E-state index in [1.165, 1.54) is 57.8 Å². The molecule has 0 aliphatic carbocycles. The normalized spacial score (nSPS) is 26.1. The number of allylic oxidation sites excluding steroid dienone is 17. The van der Waals surface area contributed by atoms with Gasteiger partial charge in [-0.05, 0) is 96.3 Å². The van der Waals surface area contributed by atoms with Crippen LogP contribution in [0, 0.1) is 0 Å². The lowest BCUT2D eigenvalue weighted by Crippen LogP contribution is -2.65. The Hall–Kier alpha value is -3.35. The van der Waals surface area contributed by atoms with Gasteiger partial charge in [0, 0.05) is 6.42 Å². The van der Waals surface area contributed by atoms with Crippen molar-refractivity contribution >= 4 is 5.91 Å². The highest BCUT2D eigenvalue weighted by atomic mass is 16.7. The number of nitrogens with one attached hydrogen (secondary N) is 1. The summed E-state index contributed by atoms with van der Waals surface area (Å²) in [6.07, 6.45) is 45.5. The van der Waals surface area contributed by atoms with Crippen LogP contribution < -0.4 is 5.32 Å². The number of rotatable bonds is 42. The zero-order chi connectivity index (χ0) is 53.9. The zero-order valence-electron chi connectivity index (χ0n) is 45.0. The van der Waals surface area contributed by atoms with Crippen LogP contribution in [0.5, 0.6) is 0 Å². The Balaban J connectivity index is 1.86. The second-order valence-electron chi connectivity index (χ2n) is 19.3. The van der Waals surface area contributed by atoms with Gasteiger partial charge in [-0.2, -0.15) is 0 Å². The van der Waals surface area contributed by atoms with E-state index in [-0.39, 0.29) is 18.9 Å². The van der Waals surface area contributed by atoms with Gasteiger partial charge in [0.1, 0.15) is 48.8 Å². The van der Waals surface area contributed by atoms with Crippen LogP contribution in [0.3, 0.4) is 0 Å². The highest BCUT2D eigenvalue weighted by Gasteiger charge is 2.51. The lowest BCUT2D eigenvalue weighted by Gasteiger charge is -2.46. The minimum Gasteiger partial charge on any atom is -0.394 e. The molecule has 0 saturated carbocycles. The number of amides is 1. The van der Waals surface area contributed by atoms with Gasteiger partial charge in [-0.3, -0.25) is 4.79 Å². The molecule has 0 aromatic heterocycles. The van der Waals surface area contributed by atoms with E-state index < -0.39 is 86.8 Å². The molecule has 0 aromatic carbocycles. The molecule has 9 N–H and O–H groups in total. The third-order valence-electron chi connectivity index (χ3n) is 12.9. The van der Waals surface area contributed by atoms with Crippen molar-refractivity contribution < 1.29 is 64.6 Å². The molecular weight excluding hydrogens is 943 g/mol. The predicted octanol–water partition coefficient (Wildman–Crippen LogP) is 8.88. The maximum atomic E-state index is 13.2. The van der Waals surface area contributed by atoms with Crippen molar-refractivity contribution in [2.75, 3.05) is 19.8 Å². The summed E-state index contributed by atoms with van der Waals surface area (Å²) >= 11 is 0. The van der Waals surface area contributed by atoms with Gasteiger partial charge in [0.05, 0.1) is 32.0 Å². The van der Waals surface area contributed by atoms with Crippen LogP contribution in [0.25, 0.3) is 0 Å². The van der Waals surface area contributed by atoms with Crippen molar-refractivity contribution in [3.8, 4) is 0 Å². The summed E-state index contributed by atoms with van der Waals surface area (Å²) in [5.41, 5.74) is 0. The van der Waals surface area contributed by atoms with E-state index in [9.17, 15) is 45.6 Å². The van der Waals surface area contributed by atoms with E-state index in [1.54, 1.807) is 6.08 Å². The smallest absolute Gasteiger partial charge is 0.220 e. The molecule has 2 fully saturated rings. The number of hydrogen-bond acceptors (Lipinski definition) is 13. The minimum atomic E-state index is -1.80. The van der Waals surface area contributed by atoms with E-state index in [0.29, 0.717) is 12.8 Å². The number of hydrogen-bond donors (Lipinski definition) is 9. The van der Waals surface area contributed by atoms with Gasteiger partial charge in [-0.1, -0.05) is 175 Å². The molecule has 0 spiro atoms. The molecule has 0 bridgehead atoms. The maximum absolute atomic E-state index is 13.2. The summed E-state index contributed by atoms with van der Waals surface area (Å²) in [5, 5.41) is 86.9. The molecule has 2 rings (SSSR count). The van der Waals surface area contributed by atoms with E-state index in [4.69, 9.17) is 18.9 Å². The molecule has 14 heteroatoms. The number of carbonyl (C=O) groups is 1. The van der Waals surface area contributed by atoms with Crippen molar-refractivity contribution in [3.05, 3.63) is 109 Å². The minimum absolute atomic E-state index is 0.208. The Labute approximate surface area is 445 Å². The number of aliphatic hydroxyl groups excluding tert-OH is 8. The van der Waals surface area contributed by atoms with Crippen molar-refractivity contribution in [1.82, 2.24) is 5.32 Å². The maximum Gasteiger partial charge on any atom is 0.220 e. The van der Waals surface area contributed by atoms with E-state index in [1.807, 2.05) is 6.08 Å². The van der Waals surface area contributed by atoms with Gasteiger partial charge < -0.3 is 65.1 Å². The Morgan fingerprint density at radius 3 is 1.49 bits per heavy atom. The first kappa shape index (κ1) is 66.8. The van der Waals surface area contributed by atoms with Gasteiger partial charge in [-0.25, -0.2) is 0 Å². The monoisotopic (exact) mass is 1040 g/mol. The molecule has 1 amide bonds. The van der Waals surface area contributed by atoms with E-state index in [0.717, 1.165) is 77.0 Å². The fourth-order valence-electron chi connectivity index (χ4n) is 8.38. The molecule has 2 aliphatic rings. The van der Waals surface area contributed by atoms with Crippen LogP contribution in [0.1, 0.15) is 168 Å². The standard InChI is InChI=1S/C60H99NO13/c1-3-5-7-9-11-13-15-17-19-21-23-24-26-28-30-32-34-36-38-40-42-44-52(65)61-48(49(64)43-41-39-37-35-33-31-29-27-25-22-20-18-16-14-12-10-8-6-4-2)47-71-59-57(70)55(68)58(51(46-63)73-59)74-60-56(69)54(67)53(66)50(45-62)72-60/h5,7,11,13,17,19,23-25,27-28,30,33-36,41,43,48-51,53-60,62-64,66-70H,3-4,6,8-10,12,14-16,18,20-22,26,29,31-32,37-40,42,44-47H2,1-2H3,(H,61,65)/b7-5-,13-11-,19-17-,24-23-,27-25+,30-28-,35-33+,36-34-,43-41+. The predicted molar refractivity (Wildman–Crippen MR) is 295 cm³/mol. The topological polar surface area (TPSA) is 228 Å². The third kappa shape index (κ3) is 30.4. The van der Waals surface area contributed by atoms with E-state index >= 15 is 0 Å². The zero-order valence-corrected chi connectivity index (χ0v) is 45.0. The first-order valence-corrected chi connectivity index (χ1v) is 28.1. The molecule has 2 aliphatic heterocycles. The van der Waals surface area contributed by atoms with Gasteiger partial charge in [0.15, 0.2) is 12.6 Å². The van der Waals surface area contributed by atoms with E-state index in [2.05, 4.69) is 116 Å². The molecule has 0 radical (unpaired) electrons. The van der Waals surface area contributed by atoms with Crippen molar-refractivity contribution in [2.24, 2.45) is 0 Å². The molecule has 12 atom stereocenters. The highest BCUT2D eigenvalue weighted by Crippen LogP contribution is 2.30. The summed E-state index contributed by atoms with van der Waals surface area (Å²) in [6, 6.07) is -0.969. The fraction of sp³-hybridized carbons (Fsp3) is 0.683. The van der Waals surface area contributed by atoms with Gasteiger partial charge >= 0.3 is 0 Å². The van der Waals surface area contributed by atoms with Gasteiger partial charge in [-0.15, -0.1) is 0 Å². The summed E-state index contributed by atoms with van der Waals surface area (Å²) in [6.45, 7) is 2.60. The average molecular weight is 1040 g/mol. The SMILES string of the molecule is CC/C=C\C/C=C\C/C=C\C/C=C\C/C=C\C/C=C\CCCCC(=O)NC(COC1OC(CO)C(OC2OC(CO)C(O)C(O)C2O)C(O)C1O)C(O)/C=C/CC/C=C/CC/C=C/CCCCCCCCCCC. The van der Waals surface area contributed by atoms with Crippen LogP contribution in [-0.2, 0) is 23.7 Å². The van der Waals surface area contributed by atoms with Crippen LogP contribution in [0.4, 0.5) is 0 Å². The van der Waals surface area contributed by atoms with Crippen LogP contribution >= 0.6 is 0 Å².